The fourth-order valence-electron chi connectivity index (χ4n) is 3.59. The van der Waals surface area contributed by atoms with Crippen molar-refractivity contribution in [3.63, 3.8) is 0 Å². The predicted octanol–water partition coefficient (Wildman–Crippen LogP) is 3.58. The van der Waals surface area contributed by atoms with Gasteiger partial charge in [-0.3, -0.25) is 4.79 Å². The van der Waals surface area contributed by atoms with Crippen molar-refractivity contribution < 1.29 is 4.79 Å². The summed E-state index contributed by atoms with van der Waals surface area (Å²) in [4.78, 5) is 21.9. The van der Waals surface area contributed by atoms with E-state index in [4.69, 9.17) is 0 Å². The number of amides is 1. The molecule has 1 aliphatic carbocycles. The van der Waals surface area contributed by atoms with Crippen LogP contribution in [0.15, 0.2) is 29.4 Å². The Morgan fingerprint density at radius 1 is 1.21 bits per heavy atom. The Morgan fingerprint density at radius 3 is 2.57 bits per heavy atom. The zero-order valence-electron chi connectivity index (χ0n) is 16.7. The predicted molar refractivity (Wildman–Crippen MR) is 111 cm³/mol. The Morgan fingerprint density at radius 2 is 1.93 bits per heavy atom. The third-order valence-corrected chi connectivity index (χ3v) is 5.93. The molecule has 1 N–H and O–H groups in total. The summed E-state index contributed by atoms with van der Waals surface area (Å²) in [7, 11) is 0. The van der Waals surface area contributed by atoms with Crippen LogP contribution in [0.4, 0.5) is 0 Å². The first-order valence-electron chi connectivity index (χ1n) is 9.59. The Hall–Kier alpha value is -2.41. The highest BCUT2D eigenvalue weighted by molar-refractivity contribution is 7.98. The van der Waals surface area contributed by atoms with Crippen molar-refractivity contribution in [1.29, 1.82) is 0 Å². The summed E-state index contributed by atoms with van der Waals surface area (Å²) < 4.78 is 1.74. The van der Waals surface area contributed by atoms with Crippen molar-refractivity contribution in [2.45, 2.75) is 51.2 Å². The van der Waals surface area contributed by atoms with E-state index in [0.717, 1.165) is 17.0 Å². The average molecular weight is 396 g/mol. The van der Waals surface area contributed by atoms with Crippen molar-refractivity contribution >= 4 is 23.4 Å². The molecule has 0 radical (unpaired) electrons. The van der Waals surface area contributed by atoms with Crippen LogP contribution in [0.3, 0.4) is 0 Å². The van der Waals surface area contributed by atoms with Gasteiger partial charge in [-0.1, -0.05) is 41.6 Å². The normalized spacial score (nSPS) is 15.0. The van der Waals surface area contributed by atoms with Gasteiger partial charge in [-0.25, -0.2) is 9.50 Å². The van der Waals surface area contributed by atoms with Crippen molar-refractivity contribution in [3.8, 4) is 0 Å². The van der Waals surface area contributed by atoms with E-state index in [0.29, 0.717) is 23.3 Å². The molecule has 1 aliphatic rings. The van der Waals surface area contributed by atoms with Crippen molar-refractivity contribution in [1.82, 2.24) is 24.9 Å². The second-order valence-electron chi connectivity index (χ2n) is 7.54. The van der Waals surface area contributed by atoms with E-state index in [1.54, 1.807) is 4.52 Å². The Balaban J connectivity index is 1.56. The molecule has 28 heavy (non-hydrogen) atoms. The number of fused-ring (bicyclic) bond motifs is 1. The van der Waals surface area contributed by atoms with Gasteiger partial charge in [0.15, 0.2) is 0 Å². The summed E-state index contributed by atoms with van der Waals surface area (Å²) in [5, 5.41) is 8.42. The Bertz CT molecular complexity index is 1020. The molecule has 4 rings (SSSR count). The lowest BCUT2D eigenvalue weighted by molar-refractivity contribution is -0.121. The van der Waals surface area contributed by atoms with Crippen LogP contribution in [-0.2, 0) is 11.2 Å². The van der Waals surface area contributed by atoms with Crippen LogP contribution in [0.25, 0.3) is 5.78 Å². The molecule has 7 heteroatoms. The summed E-state index contributed by atoms with van der Waals surface area (Å²) in [5.41, 5.74) is 5.08. The van der Waals surface area contributed by atoms with Gasteiger partial charge in [0.05, 0.1) is 12.5 Å². The molecule has 1 aromatic carbocycles. The van der Waals surface area contributed by atoms with E-state index in [1.807, 2.05) is 20.1 Å². The molecule has 0 aliphatic heterocycles. The minimum absolute atomic E-state index is 0.0232. The maximum atomic E-state index is 12.9. The van der Waals surface area contributed by atoms with Crippen LogP contribution in [0.2, 0.25) is 0 Å². The minimum atomic E-state index is 0.0232. The number of rotatable bonds is 6. The Kier molecular flexibility index (Phi) is 5.10. The van der Waals surface area contributed by atoms with Crippen LogP contribution in [0, 0.1) is 26.7 Å². The van der Waals surface area contributed by atoms with E-state index in [1.165, 1.54) is 35.7 Å². The molecule has 6 nitrogen and oxygen atoms in total. The minimum Gasteiger partial charge on any atom is -0.349 e. The molecule has 1 fully saturated rings. The third kappa shape index (κ3) is 3.76. The lowest BCUT2D eigenvalue weighted by Crippen LogP contribution is -2.31. The molecule has 1 amide bonds. The fourth-order valence-corrected chi connectivity index (χ4v) is 3.93. The highest BCUT2D eigenvalue weighted by Crippen LogP contribution is 2.41. The van der Waals surface area contributed by atoms with Gasteiger partial charge in [-0.05, 0) is 51.3 Å². The summed E-state index contributed by atoms with van der Waals surface area (Å²) in [6.07, 6.45) is 4.57. The summed E-state index contributed by atoms with van der Waals surface area (Å²) in [5.74, 6) is 1.14. The number of nitrogens with one attached hydrogen (secondary N) is 1. The molecule has 1 atom stereocenters. The Labute approximate surface area is 169 Å². The van der Waals surface area contributed by atoms with Gasteiger partial charge in [0.25, 0.3) is 5.78 Å². The number of carbonyl (C=O) groups is 1. The second-order valence-corrected chi connectivity index (χ2v) is 8.31. The zero-order chi connectivity index (χ0) is 19.8. The molecule has 1 saturated carbocycles. The maximum Gasteiger partial charge on any atom is 0.253 e. The molecule has 1 unspecified atom stereocenters. The lowest BCUT2D eigenvalue weighted by Gasteiger charge is -2.20. The topological polar surface area (TPSA) is 72.2 Å². The monoisotopic (exact) mass is 395 g/mol. The molecule has 2 aromatic heterocycles. The van der Waals surface area contributed by atoms with Crippen molar-refractivity contribution in [2.24, 2.45) is 5.92 Å². The van der Waals surface area contributed by atoms with E-state index in [2.05, 4.69) is 51.6 Å². The van der Waals surface area contributed by atoms with Crippen LogP contribution in [0.5, 0.6) is 0 Å². The largest absolute Gasteiger partial charge is 0.349 e. The van der Waals surface area contributed by atoms with Gasteiger partial charge in [0.1, 0.15) is 0 Å². The number of hydrogen-bond acceptors (Lipinski definition) is 5. The van der Waals surface area contributed by atoms with Gasteiger partial charge < -0.3 is 5.32 Å². The molecular weight excluding hydrogens is 370 g/mol. The zero-order valence-corrected chi connectivity index (χ0v) is 17.5. The third-order valence-electron chi connectivity index (χ3n) is 5.40. The van der Waals surface area contributed by atoms with Gasteiger partial charge in [0, 0.05) is 17.0 Å². The van der Waals surface area contributed by atoms with Gasteiger partial charge >= 0.3 is 0 Å². The number of thioether (sulfide) groups is 1. The first kappa shape index (κ1) is 18.9. The molecule has 2 heterocycles. The number of aryl methyl sites for hydroxylation is 3. The SMILES string of the molecule is CSc1nc2nc(C)c(CC(=O)NC(c3ccc(C)cc3)C3CC3)c(C)n2n1. The second kappa shape index (κ2) is 7.54. The van der Waals surface area contributed by atoms with E-state index in [-0.39, 0.29) is 11.9 Å². The molecule has 3 aromatic rings. The van der Waals surface area contributed by atoms with Crippen molar-refractivity contribution in [2.75, 3.05) is 6.26 Å². The molecular formula is C21H25N5OS. The van der Waals surface area contributed by atoms with Crippen LogP contribution in [-0.4, -0.2) is 31.7 Å². The first-order valence-corrected chi connectivity index (χ1v) is 10.8. The standard InChI is InChI=1S/C21H25N5OS/c1-12-5-7-15(8-6-12)19(16-9-10-16)23-18(27)11-17-13(2)22-20-24-21(28-4)25-26(20)14(17)3/h5-8,16,19H,9-11H2,1-4H3,(H,23,27). The maximum absolute atomic E-state index is 12.9. The van der Waals surface area contributed by atoms with Gasteiger partial charge in [-0.2, -0.15) is 4.98 Å². The molecule has 146 valence electrons. The summed E-state index contributed by atoms with van der Waals surface area (Å²) in [6, 6.07) is 8.55. The number of aromatic nitrogens is 4. The highest BCUT2D eigenvalue weighted by atomic mass is 32.2. The molecule has 0 spiro atoms. The highest BCUT2D eigenvalue weighted by Gasteiger charge is 2.33. The summed E-state index contributed by atoms with van der Waals surface area (Å²) >= 11 is 1.48. The van der Waals surface area contributed by atoms with Gasteiger partial charge in [-0.15, -0.1) is 5.10 Å². The fraction of sp³-hybridized carbons (Fsp3) is 0.429. The van der Waals surface area contributed by atoms with E-state index < -0.39 is 0 Å². The quantitative estimate of drug-likeness (QED) is 0.646. The smallest absolute Gasteiger partial charge is 0.253 e. The van der Waals surface area contributed by atoms with Crippen LogP contribution < -0.4 is 5.32 Å². The van der Waals surface area contributed by atoms with Crippen LogP contribution >= 0.6 is 11.8 Å². The average Bonchev–Trinajstić information content (AvgIpc) is 3.43. The number of benzene rings is 1. The summed E-state index contributed by atoms with van der Waals surface area (Å²) in [6.45, 7) is 5.98. The van der Waals surface area contributed by atoms with E-state index in [9.17, 15) is 4.79 Å². The van der Waals surface area contributed by atoms with Gasteiger partial charge in [0.2, 0.25) is 11.1 Å². The van der Waals surface area contributed by atoms with E-state index >= 15 is 0 Å². The van der Waals surface area contributed by atoms with Crippen molar-refractivity contribution in [3.05, 3.63) is 52.3 Å². The molecule has 0 saturated heterocycles. The van der Waals surface area contributed by atoms with Crippen LogP contribution in [0.1, 0.15) is 47.0 Å². The number of carbonyl (C=O) groups excluding carboxylic acids is 1. The number of hydrogen-bond donors (Lipinski definition) is 1. The number of nitrogens with zero attached hydrogens (tertiary/aromatic N) is 4. The molecule has 0 bridgehead atoms. The first-order chi connectivity index (χ1) is 13.5. The lowest BCUT2D eigenvalue weighted by atomic mass is 10.0.